The molecule has 0 saturated carbocycles. The highest BCUT2D eigenvalue weighted by molar-refractivity contribution is 9.10. The molecule has 7 heteroatoms. The van der Waals surface area contributed by atoms with Gasteiger partial charge in [-0.15, -0.1) is 0 Å². The number of benzene rings is 2. The third kappa shape index (κ3) is 5.12. The van der Waals surface area contributed by atoms with Crippen molar-refractivity contribution in [2.24, 2.45) is 0 Å². The molecule has 2 aromatic rings. The zero-order valence-corrected chi connectivity index (χ0v) is 15.7. The van der Waals surface area contributed by atoms with Crippen LogP contribution in [0.15, 0.2) is 57.9 Å². The Morgan fingerprint density at radius 1 is 1.17 bits per heavy atom. The van der Waals surface area contributed by atoms with Crippen LogP contribution in [0.4, 0.5) is 0 Å². The number of aryl methyl sites for hydroxylation is 1. The minimum atomic E-state index is -3.67. The molecule has 0 aliphatic rings. The van der Waals surface area contributed by atoms with E-state index < -0.39 is 16.1 Å². The van der Waals surface area contributed by atoms with Crippen LogP contribution in [-0.4, -0.2) is 33.3 Å². The number of rotatable bonds is 8. The van der Waals surface area contributed by atoms with Gasteiger partial charge in [-0.3, -0.25) is 0 Å². The average Bonchev–Trinajstić information content (AvgIpc) is 2.56. The topological polar surface area (TPSA) is 75.6 Å². The van der Waals surface area contributed by atoms with Crippen LogP contribution in [-0.2, 0) is 14.8 Å². The first-order valence-electron chi connectivity index (χ1n) is 7.47. The van der Waals surface area contributed by atoms with Gasteiger partial charge >= 0.3 is 0 Å². The van der Waals surface area contributed by atoms with Crippen molar-refractivity contribution >= 4 is 26.0 Å². The van der Waals surface area contributed by atoms with Gasteiger partial charge in [-0.25, -0.2) is 13.1 Å². The molecule has 0 aliphatic heterocycles. The van der Waals surface area contributed by atoms with Crippen LogP contribution >= 0.6 is 15.9 Å². The molecule has 130 valence electrons. The molecule has 24 heavy (non-hydrogen) atoms. The average molecular weight is 414 g/mol. The fraction of sp³-hybridized carbons (Fsp3) is 0.294. The van der Waals surface area contributed by atoms with Crippen molar-refractivity contribution in [3.63, 3.8) is 0 Å². The van der Waals surface area contributed by atoms with Crippen LogP contribution < -0.4 is 4.72 Å². The maximum absolute atomic E-state index is 12.5. The lowest BCUT2D eigenvalue weighted by Gasteiger charge is -2.19. The van der Waals surface area contributed by atoms with E-state index in [0.717, 1.165) is 11.1 Å². The van der Waals surface area contributed by atoms with Gasteiger partial charge in [-0.1, -0.05) is 42.0 Å². The Balaban J connectivity index is 2.15. The quantitative estimate of drug-likeness (QED) is 0.697. The molecule has 0 radical (unpaired) electrons. The summed E-state index contributed by atoms with van der Waals surface area (Å²) in [4.78, 5) is 0.176. The zero-order chi connectivity index (χ0) is 17.6. The summed E-state index contributed by atoms with van der Waals surface area (Å²) in [5.41, 5.74) is 1.96. The Bertz CT molecular complexity index is 762. The molecule has 1 atom stereocenters. The second-order valence-electron chi connectivity index (χ2n) is 5.28. The van der Waals surface area contributed by atoms with Gasteiger partial charge in [-0.05, 0) is 40.5 Å². The van der Waals surface area contributed by atoms with Crippen LogP contribution in [0.25, 0.3) is 0 Å². The third-order valence-electron chi connectivity index (χ3n) is 3.44. The highest BCUT2D eigenvalue weighted by Gasteiger charge is 2.20. The Morgan fingerprint density at radius 3 is 2.46 bits per heavy atom. The second kappa shape index (κ2) is 8.73. The van der Waals surface area contributed by atoms with Crippen LogP contribution in [0.5, 0.6) is 0 Å². The fourth-order valence-electron chi connectivity index (χ4n) is 2.17. The minimum Gasteiger partial charge on any atom is -0.394 e. The zero-order valence-electron chi connectivity index (χ0n) is 13.3. The lowest BCUT2D eigenvalue weighted by atomic mass is 10.1. The van der Waals surface area contributed by atoms with Crippen LogP contribution in [0.3, 0.4) is 0 Å². The summed E-state index contributed by atoms with van der Waals surface area (Å²) in [5.74, 6) is 0. The molecule has 0 aliphatic carbocycles. The lowest BCUT2D eigenvalue weighted by Crippen LogP contribution is -2.30. The number of aliphatic hydroxyl groups excluding tert-OH is 1. The Morgan fingerprint density at radius 2 is 1.83 bits per heavy atom. The van der Waals surface area contributed by atoms with Gasteiger partial charge in [0.25, 0.3) is 0 Å². The summed E-state index contributed by atoms with van der Waals surface area (Å²) in [6.07, 6.45) is -0.477. The first-order valence-corrected chi connectivity index (χ1v) is 9.75. The van der Waals surface area contributed by atoms with E-state index in [0.29, 0.717) is 4.47 Å². The van der Waals surface area contributed by atoms with E-state index in [9.17, 15) is 8.42 Å². The smallest absolute Gasteiger partial charge is 0.241 e. The highest BCUT2D eigenvalue weighted by atomic mass is 79.9. The van der Waals surface area contributed by atoms with E-state index in [1.165, 1.54) is 6.07 Å². The first kappa shape index (κ1) is 19.1. The van der Waals surface area contributed by atoms with Crippen molar-refractivity contribution in [1.82, 2.24) is 4.72 Å². The lowest BCUT2D eigenvalue weighted by molar-refractivity contribution is 0.0309. The van der Waals surface area contributed by atoms with Gasteiger partial charge < -0.3 is 9.84 Å². The molecule has 0 spiro atoms. The highest BCUT2D eigenvalue weighted by Crippen LogP contribution is 2.22. The molecule has 0 saturated heterocycles. The number of hydrogen-bond donors (Lipinski definition) is 2. The molecule has 0 heterocycles. The van der Waals surface area contributed by atoms with Gasteiger partial charge in [0, 0.05) is 11.0 Å². The predicted octanol–water partition coefficient (Wildman–Crippen LogP) is 2.79. The number of ether oxygens (including phenoxy) is 1. The summed E-state index contributed by atoms with van der Waals surface area (Å²) in [6.45, 7) is 2.06. The molecular formula is C17H20BrNO4S. The molecule has 2 rings (SSSR count). The van der Waals surface area contributed by atoms with E-state index in [1.807, 2.05) is 31.2 Å². The molecule has 0 aromatic heterocycles. The van der Waals surface area contributed by atoms with E-state index in [4.69, 9.17) is 9.84 Å². The van der Waals surface area contributed by atoms with E-state index in [2.05, 4.69) is 20.7 Å². The molecule has 1 unspecified atom stereocenters. The van der Waals surface area contributed by atoms with Gasteiger partial charge in [-0.2, -0.15) is 0 Å². The number of hydrogen-bond acceptors (Lipinski definition) is 4. The third-order valence-corrected chi connectivity index (χ3v) is 5.88. The van der Waals surface area contributed by atoms with Crippen molar-refractivity contribution in [2.75, 3.05) is 19.8 Å². The van der Waals surface area contributed by atoms with E-state index in [-0.39, 0.29) is 24.7 Å². The van der Waals surface area contributed by atoms with Gasteiger partial charge in [0.05, 0.1) is 24.2 Å². The van der Waals surface area contributed by atoms with Gasteiger partial charge in [0.15, 0.2) is 0 Å². The monoisotopic (exact) mass is 413 g/mol. The maximum atomic E-state index is 12.5. The molecule has 0 bridgehead atoms. The molecule has 0 fully saturated rings. The number of aliphatic hydroxyl groups is 1. The van der Waals surface area contributed by atoms with Crippen molar-refractivity contribution in [3.8, 4) is 0 Å². The normalized spacial score (nSPS) is 13.0. The van der Waals surface area contributed by atoms with E-state index >= 15 is 0 Å². The predicted molar refractivity (Wildman–Crippen MR) is 96.3 cm³/mol. The molecular weight excluding hydrogens is 394 g/mol. The second-order valence-corrected chi connectivity index (χ2v) is 7.87. The summed E-state index contributed by atoms with van der Waals surface area (Å²) >= 11 is 3.25. The number of nitrogens with one attached hydrogen (secondary N) is 1. The summed E-state index contributed by atoms with van der Waals surface area (Å²) in [7, 11) is -3.67. The van der Waals surface area contributed by atoms with Crippen molar-refractivity contribution < 1.29 is 18.3 Å². The number of halogens is 1. The Kier molecular flexibility index (Phi) is 6.94. The molecule has 2 aromatic carbocycles. The molecule has 5 nitrogen and oxygen atoms in total. The van der Waals surface area contributed by atoms with Gasteiger partial charge in [0.2, 0.25) is 10.0 Å². The van der Waals surface area contributed by atoms with Crippen molar-refractivity contribution in [3.05, 3.63) is 64.1 Å². The first-order chi connectivity index (χ1) is 11.4. The van der Waals surface area contributed by atoms with Crippen molar-refractivity contribution in [1.29, 1.82) is 0 Å². The molecule has 2 N–H and O–H groups in total. The van der Waals surface area contributed by atoms with Crippen LogP contribution in [0.1, 0.15) is 17.2 Å². The summed E-state index contributed by atoms with van der Waals surface area (Å²) in [6, 6.07) is 14.3. The summed E-state index contributed by atoms with van der Waals surface area (Å²) < 4.78 is 33.6. The summed E-state index contributed by atoms with van der Waals surface area (Å²) in [5, 5.41) is 8.98. The maximum Gasteiger partial charge on any atom is 0.241 e. The van der Waals surface area contributed by atoms with Crippen LogP contribution in [0.2, 0.25) is 0 Å². The number of sulfonamides is 1. The Hall–Kier alpha value is -1.25. The molecule has 0 amide bonds. The fourth-order valence-corrected chi connectivity index (χ4v) is 4.21. The largest absolute Gasteiger partial charge is 0.394 e. The minimum absolute atomic E-state index is 0.0761. The van der Waals surface area contributed by atoms with Crippen molar-refractivity contribution in [2.45, 2.75) is 17.9 Å². The standard InChI is InChI=1S/C17H20BrNO4S/c1-13-6-8-14(9-7-13)16(23-11-10-20)12-19-24(21,22)17-5-3-2-4-15(17)18/h2-9,16,19-20H,10-12H2,1H3. The Labute approximate surface area is 150 Å². The SMILES string of the molecule is Cc1ccc(C(CNS(=O)(=O)c2ccccc2Br)OCCO)cc1. The van der Waals surface area contributed by atoms with Crippen LogP contribution in [0, 0.1) is 6.92 Å². The van der Waals surface area contributed by atoms with E-state index in [1.54, 1.807) is 18.2 Å². The van der Waals surface area contributed by atoms with Gasteiger partial charge in [0.1, 0.15) is 0 Å².